The molecule has 0 spiro atoms. The van der Waals surface area contributed by atoms with E-state index in [1.54, 1.807) is 6.20 Å². The molecule has 4 rings (SSSR count). The van der Waals surface area contributed by atoms with E-state index in [1.807, 2.05) is 41.4 Å². The molecule has 2 aliphatic heterocycles. The Labute approximate surface area is 170 Å². The van der Waals surface area contributed by atoms with Gasteiger partial charge in [0.15, 0.2) is 0 Å². The number of benzene rings is 1. The summed E-state index contributed by atoms with van der Waals surface area (Å²) >= 11 is 0. The van der Waals surface area contributed by atoms with Gasteiger partial charge in [0.25, 0.3) is 0 Å². The quantitative estimate of drug-likeness (QED) is 0.735. The van der Waals surface area contributed by atoms with Crippen molar-refractivity contribution in [2.75, 3.05) is 31.6 Å². The van der Waals surface area contributed by atoms with Crippen LogP contribution in [0, 0.1) is 0 Å². The number of nitrogens with zero attached hydrogens (tertiary/aromatic N) is 2. The summed E-state index contributed by atoms with van der Waals surface area (Å²) in [7, 11) is 0. The second-order valence-corrected chi connectivity index (χ2v) is 7.41. The van der Waals surface area contributed by atoms with Crippen LogP contribution in [0.4, 0.5) is 5.69 Å². The molecule has 0 radical (unpaired) electrons. The third kappa shape index (κ3) is 4.74. The molecule has 29 heavy (non-hydrogen) atoms. The van der Waals surface area contributed by atoms with E-state index in [0.29, 0.717) is 32.4 Å². The number of carbonyl (C=O) groups excluding carboxylic acids is 2. The number of hydrogen-bond acceptors (Lipinski definition) is 5. The van der Waals surface area contributed by atoms with Crippen LogP contribution >= 0.6 is 0 Å². The van der Waals surface area contributed by atoms with Crippen molar-refractivity contribution >= 4 is 17.5 Å². The summed E-state index contributed by atoms with van der Waals surface area (Å²) in [6, 6.07) is 9.68. The lowest BCUT2D eigenvalue weighted by atomic mass is 10.0. The van der Waals surface area contributed by atoms with Crippen LogP contribution in [-0.4, -0.2) is 47.9 Å². The zero-order valence-corrected chi connectivity index (χ0v) is 16.4. The SMILES string of the molecule is O=C1CCc2cc(OCCCC(=O)N3CCNCC3c3cccnc3)ccc2N1. The molecule has 1 aromatic carbocycles. The summed E-state index contributed by atoms with van der Waals surface area (Å²) in [6.45, 7) is 2.75. The lowest BCUT2D eigenvalue weighted by Gasteiger charge is -2.36. The van der Waals surface area contributed by atoms with E-state index < -0.39 is 0 Å². The Morgan fingerprint density at radius 1 is 1.28 bits per heavy atom. The molecule has 1 saturated heterocycles. The minimum Gasteiger partial charge on any atom is -0.494 e. The maximum atomic E-state index is 12.8. The largest absolute Gasteiger partial charge is 0.494 e. The summed E-state index contributed by atoms with van der Waals surface area (Å²) in [5.74, 6) is 0.988. The first-order valence-corrected chi connectivity index (χ1v) is 10.2. The van der Waals surface area contributed by atoms with Crippen LogP contribution in [0.3, 0.4) is 0 Å². The van der Waals surface area contributed by atoms with Crippen molar-refractivity contribution in [3.63, 3.8) is 0 Å². The summed E-state index contributed by atoms with van der Waals surface area (Å²) in [5, 5.41) is 6.23. The highest BCUT2D eigenvalue weighted by molar-refractivity contribution is 5.94. The molecule has 7 heteroatoms. The topological polar surface area (TPSA) is 83.6 Å². The number of hydrogen-bond donors (Lipinski definition) is 2. The summed E-state index contributed by atoms with van der Waals surface area (Å²) in [6.07, 6.45) is 5.94. The Kier molecular flexibility index (Phi) is 6.05. The Hall–Kier alpha value is -2.93. The van der Waals surface area contributed by atoms with E-state index >= 15 is 0 Å². The summed E-state index contributed by atoms with van der Waals surface area (Å²) in [5.41, 5.74) is 3.02. The standard InChI is InChI=1S/C22H26N4O3/c27-21-8-5-16-13-18(6-7-19(16)25-21)29-12-2-4-22(28)26-11-10-24-15-20(26)17-3-1-9-23-14-17/h1,3,6-7,9,13-14,20,24H,2,4-5,8,10-12,15H2,(H,25,27). The molecule has 2 aliphatic rings. The predicted octanol–water partition coefficient (Wildman–Crippen LogP) is 2.30. The molecule has 2 aromatic rings. The van der Waals surface area contributed by atoms with Gasteiger partial charge in [-0.25, -0.2) is 0 Å². The number of amides is 2. The zero-order chi connectivity index (χ0) is 20.1. The number of aryl methyl sites for hydroxylation is 1. The molecule has 152 valence electrons. The highest BCUT2D eigenvalue weighted by atomic mass is 16.5. The molecule has 1 aromatic heterocycles. The molecule has 0 aliphatic carbocycles. The van der Waals surface area contributed by atoms with Crippen LogP contribution in [-0.2, 0) is 16.0 Å². The van der Waals surface area contributed by atoms with E-state index in [2.05, 4.69) is 15.6 Å². The fourth-order valence-corrected chi connectivity index (χ4v) is 3.88. The van der Waals surface area contributed by atoms with Crippen molar-refractivity contribution < 1.29 is 14.3 Å². The number of carbonyl (C=O) groups is 2. The summed E-state index contributed by atoms with van der Waals surface area (Å²) < 4.78 is 5.84. The first kappa shape index (κ1) is 19.4. The van der Waals surface area contributed by atoms with Crippen molar-refractivity contribution in [1.82, 2.24) is 15.2 Å². The van der Waals surface area contributed by atoms with Gasteiger partial charge in [-0.05, 0) is 48.2 Å². The Morgan fingerprint density at radius 3 is 3.07 bits per heavy atom. The Morgan fingerprint density at radius 2 is 2.21 bits per heavy atom. The Bertz CT molecular complexity index is 872. The lowest BCUT2D eigenvalue weighted by molar-refractivity contribution is -0.134. The van der Waals surface area contributed by atoms with Gasteiger partial charge in [-0.2, -0.15) is 0 Å². The number of aromatic nitrogens is 1. The van der Waals surface area contributed by atoms with Gasteiger partial charge in [0.2, 0.25) is 11.8 Å². The number of rotatable bonds is 6. The smallest absolute Gasteiger partial charge is 0.224 e. The predicted molar refractivity (Wildman–Crippen MR) is 110 cm³/mol. The highest BCUT2D eigenvalue weighted by Crippen LogP contribution is 2.27. The lowest BCUT2D eigenvalue weighted by Crippen LogP contribution is -2.48. The average molecular weight is 394 g/mol. The normalized spacial score (nSPS) is 18.7. The van der Waals surface area contributed by atoms with Crippen molar-refractivity contribution in [2.24, 2.45) is 0 Å². The van der Waals surface area contributed by atoms with Crippen LogP contribution in [0.25, 0.3) is 0 Å². The third-order valence-electron chi connectivity index (χ3n) is 5.41. The van der Waals surface area contributed by atoms with Crippen molar-refractivity contribution in [3.05, 3.63) is 53.9 Å². The van der Waals surface area contributed by atoms with Gasteiger partial charge in [0.05, 0.1) is 12.6 Å². The molecule has 1 fully saturated rings. The van der Waals surface area contributed by atoms with Crippen LogP contribution < -0.4 is 15.4 Å². The van der Waals surface area contributed by atoms with Gasteiger partial charge >= 0.3 is 0 Å². The van der Waals surface area contributed by atoms with E-state index in [-0.39, 0.29) is 17.9 Å². The van der Waals surface area contributed by atoms with Gasteiger partial charge in [0.1, 0.15) is 5.75 Å². The third-order valence-corrected chi connectivity index (χ3v) is 5.41. The number of nitrogens with one attached hydrogen (secondary N) is 2. The maximum Gasteiger partial charge on any atom is 0.224 e. The van der Waals surface area contributed by atoms with Crippen molar-refractivity contribution in [1.29, 1.82) is 0 Å². The summed E-state index contributed by atoms with van der Waals surface area (Å²) in [4.78, 5) is 30.4. The molecular formula is C22H26N4O3. The minimum absolute atomic E-state index is 0.0294. The van der Waals surface area contributed by atoms with Crippen molar-refractivity contribution in [3.8, 4) is 5.75 Å². The van der Waals surface area contributed by atoms with Gasteiger partial charge < -0.3 is 20.3 Å². The second-order valence-electron chi connectivity index (χ2n) is 7.41. The molecule has 2 N–H and O–H groups in total. The number of pyridine rings is 1. The molecule has 1 atom stereocenters. The Balaban J connectivity index is 1.28. The number of fused-ring (bicyclic) bond motifs is 1. The maximum absolute atomic E-state index is 12.8. The van der Waals surface area contributed by atoms with Crippen LogP contribution in [0.5, 0.6) is 5.75 Å². The number of anilines is 1. The van der Waals surface area contributed by atoms with Crippen molar-refractivity contribution in [2.45, 2.75) is 31.7 Å². The first-order valence-electron chi connectivity index (χ1n) is 10.2. The van der Waals surface area contributed by atoms with E-state index in [9.17, 15) is 9.59 Å². The molecular weight excluding hydrogens is 368 g/mol. The number of piperazine rings is 1. The molecule has 7 nitrogen and oxygen atoms in total. The fourth-order valence-electron chi connectivity index (χ4n) is 3.88. The van der Waals surface area contributed by atoms with Crippen LogP contribution in [0.15, 0.2) is 42.7 Å². The highest BCUT2D eigenvalue weighted by Gasteiger charge is 2.27. The van der Waals surface area contributed by atoms with E-state index in [4.69, 9.17) is 4.74 Å². The number of ether oxygens (including phenoxy) is 1. The van der Waals surface area contributed by atoms with Gasteiger partial charge in [-0.3, -0.25) is 14.6 Å². The molecule has 2 amide bonds. The molecule has 1 unspecified atom stereocenters. The molecule has 0 saturated carbocycles. The molecule has 3 heterocycles. The van der Waals surface area contributed by atoms with Crippen LogP contribution in [0.1, 0.15) is 36.4 Å². The van der Waals surface area contributed by atoms with Crippen LogP contribution in [0.2, 0.25) is 0 Å². The monoisotopic (exact) mass is 394 g/mol. The van der Waals surface area contributed by atoms with E-state index in [1.165, 1.54) is 0 Å². The van der Waals surface area contributed by atoms with E-state index in [0.717, 1.165) is 42.1 Å². The van der Waals surface area contributed by atoms with Gasteiger partial charge in [-0.15, -0.1) is 0 Å². The van der Waals surface area contributed by atoms with Gasteiger partial charge in [0, 0.05) is 50.6 Å². The zero-order valence-electron chi connectivity index (χ0n) is 16.4. The first-order chi connectivity index (χ1) is 14.2. The average Bonchev–Trinajstić information content (AvgIpc) is 2.77. The fraction of sp³-hybridized carbons (Fsp3) is 0.409. The second kappa shape index (κ2) is 9.05. The molecule has 0 bridgehead atoms. The van der Waals surface area contributed by atoms with Gasteiger partial charge in [-0.1, -0.05) is 6.07 Å². The minimum atomic E-state index is 0.0294.